The molecule has 10 nitrogen and oxygen atoms in total. The van der Waals surface area contributed by atoms with Gasteiger partial charge in [-0.05, 0) is 60.8 Å². The number of rotatable bonds is 5. The van der Waals surface area contributed by atoms with Crippen LogP contribution >= 0.6 is 24.4 Å². The molecule has 0 spiro atoms. The zero-order valence-corrected chi connectivity index (χ0v) is 18.8. The fraction of sp³-hybridized carbons (Fsp3) is 0. The van der Waals surface area contributed by atoms with Gasteiger partial charge in [0.1, 0.15) is 11.7 Å². The van der Waals surface area contributed by atoms with Crippen molar-refractivity contribution in [1.29, 1.82) is 0 Å². The minimum atomic E-state index is -0.493. The summed E-state index contributed by atoms with van der Waals surface area (Å²) in [4.78, 5) is 33.1. The van der Waals surface area contributed by atoms with Gasteiger partial charge in [0.05, 0.1) is 15.5 Å². The Hall–Kier alpha value is -4.42. The molecule has 1 heterocycles. The fourth-order valence-corrected chi connectivity index (χ4v) is 3.68. The number of non-ortho nitro benzene ring substituents is 2. The molecule has 4 rings (SSSR count). The summed E-state index contributed by atoms with van der Waals surface area (Å²) in [5.41, 5.74) is 1.60. The van der Waals surface area contributed by atoms with Crippen LogP contribution in [0.3, 0.4) is 0 Å². The van der Waals surface area contributed by atoms with Gasteiger partial charge in [-0.2, -0.15) is 0 Å². The monoisotopic (exact) mass is 490 g/mol. The molecule has 1 aromatic heterocycles. The zero-order chi connectivity index (χ0) is 24.2. The van der Waals surface area contributed by atoms with Crippen LogP contribution in [-0.2, 0) is 0 Å². The van der Waals surface area contributed by atoms with E-state index < -0.39 is 9.85 Å². The van der Waals surface area contributed by atoms with Crippen LogP contribution in [0.2, 0.25) is 0 Å². The van der Waals surface area contributed by atoms with Crippen molar-refractivity contribution in [3.05, 3.63) is 114 Å². The Kier molecular flexibility index (Phi) is 6.43. The molecule has 12 heteroatoms. The maximum atomic E-state index is 11.1. The van der Waals surface area contributed by atoms with Crippen molar-refractivity contribution in [1.82, 2.24) is 14.5 Å². The quantitative estimate of drug-likeness (QED) is 0.123. The standard InChI is InChI=1S/C22H14N6O4S2/c29-27(30)17-10-6-14(7-11-17)19-24-21(33)26(22(34)25-19)20(23-16-4-2-1-3-5-16)15-8-12-18(13-9-15)28(31)32/h1-13H,(H,24,25,33,34). The fourth-order valence-electron chi connectivity index (χ4n) is 3.08. The van der Waals surface area contributed by atoms with E-state index >= 15 is 0 Å². The van der Waals surface area contributed by atoms with Crippen molar-refractivity contribution in [3.8, 4) is 11.4 Å². The molecule has 0 aliphatic rings. The van der Waals surface area contributed by atoms with Crippen molar-refractivity contribution in [2.75, 3.05) is 0 Å². The molecular formula is C22H14N6O4S2. The summed E-state index contributed by atoms with van der Waals surface area (Å²) in [7, 11) is 0. The molecule has 0 radical (unpaired) electrons. The minimum absolute atomic E-state index is 0.0533. The minimum Gasteiger partial charge on any atom is -0.316 e. The molecule has 0 unspecified atom stereocenters. The second-order valence-electron chi connectivity index (χ2n) is 6.89. The van der Waals surface area contributed by atoms with E-state index in [-0.39, 0.29) is 20.9 Å². The normalized spacial score (nSPS) is 11.2. The topological polar surface area (TPSA) is 132 Å². The maximum Gasteiger partial charge on any atom is 0.269 e. The summed E-state index contributed by atoms with van der Waals surface area (Å²) in [6.07, 6.45) is 0. The number of aromatic nitrogens is 3. The Labute approximate surface area is 202 Å². The molecule has 0 aliphatic carbocycles. The maximum absolute atomic E-state index is 11.1. The van der Waals surface area contributed by atoms with Crippen LogP contribution < -0.4 is 0 Å². The van der Waals surface area contributed by atoms with Crippen LogP contribution in [0.4, 0.5) is 17.1 Å². The van der Waals surface area contributed by atoms with Gasteiger partial charge in [0.15, 0.2) is 4.77 Å². The number of para-hydroxylation sites is 1. The molecule has 1 N–H and O–H groups in total. The van der Waals surface area contributed by atoms with Gasteiger partial charge in [-0.3, -0.25) is 20.2 Å². The third-order valence-corrected chi connectivity index (χ3v) is 5.28. The van der Waals surface area contributed by atoms with Gasteiger partial charge in [0.2, 0.25) is 4.77 Å². The third kappa shape index (κ3) is 4.82. The van der Waals surface area contributed by atoms with E-state index in [4.69, 9.17) is 24.4 Å². The molecule has 34 heavy (non-hydrogen) atoms. The van der Waals surface area contributed by atoms with E-state index in [2.05, 4.69) is 15.0 Å². The molecule has 0 saturated heterocycles. The van der Waals surface area contributed by atoms with Gasteiger partial charge >= 0.3 is 0 Å². The first-order valence-electron chi connectivity index (χ1n) is 9.70. The van der Waals surface area contributed by atoms with Crippen LogP contribution in [0, 0.1) is 29.8 Å². The molecule has 0 amide bonds. The lowest BCUT2D eigenvalue weighted by Crippen LogP contribution is -2.18. The average Bonchev–Trinajstić information content (AvgIpc) is 2.83. The summed E-state index contributed by atoms with van der Waals surface area (Å²) in [6.45, 7) is 0. The summed E-state index contributed by atoms with van der Waals surface area (Å²) >= 11 is 11.1. The molecule has 0 fully saturated rings. The Morgan fingerprint density at radius 1 is 0.853 bits per heavy atom. The number of hydrogen-bond acceptors (Lipinski definition) is 8. The van der Waals surface area contributed by atoms with E-state index in [0.29, 0.717) is 28.5 Å². The first kappa shape index (κ1) is 22.8. The van der Waals surface area contributed by atoms with Gasteiger partial charge < -0.3 is 4.98 Å². The molecule has 0 aliphatic heterocycles. The van der Waals surface area contributed by atoms with Gasteiger partial charge in [0.25, 0.3) is 11.4 Å². The van der Waals surface area contributed by atoms with Crippen molar-refractivity contribution < 1.29 is 9.85 Å². The highest BCUT2D eigenvalue weighted by Gasteiger charge is 2.15. The second-order valence-corrected chi connectivity index (χ2v) is 7.64. The third-order valence-electron chi connectivity index (χ3n) is 4.72. The molecule has 4 aromatic rings. The number of nitrogens with one attached hydrogen (secondary N) is 1. The van der Waals surface area contributed by atoms with E-state index in [1.165, 1.54) is 28.8 Å². The number of nitro benzene ring substituents is 2. The average molecular weight is 491 g/mol. The number of aliphatic imine (C=N–C) groups is 1. The molecule has 3 aromatic carbocycles. The Morgan fingerprint density at radius 3 is 1.94 bits per heavy atom. The highest BCUT2D eigenvalue weighted by molar-refractivity contribution is 7.72. The van der Waals surface area contributed by atoms with Crippen LogP contribution in [0.25, 0.3) is 11.4 Å². The molecule has 0 bridgehead atoms. The predicted octanol–water partition coefficient (Wildman–Crippen LogP) is 5.78. The first-order valence-corrected chi connectivity index (χ1v) is 10.5. The predicted molar refractivity (Wildman–Crippen MR) is 131 cm³/mol. The van der Waals surface area contributed by atoms with Crippen LogP contribution in [0.1, 0.15) is 5.56 Å². The van der Waals surface area contributed by atoms with Crippen molar-refractivity contribution >= 4 is 47.3 Å². The van der Waals surface area contributed by atoms with Crippen LogP contribution in [0.5, 0.6) is 0 Å². The van der Waals surface area contributed by atoms with Gasteiger partial charge in [-0.25, -0.2) is 14.5 Å². The number of hydrogen-bond donors (Lipinski definition) is 1. The first-order chi connectivity index (χ1) is 16.3. The summed E-state index contributed by atoms with van der Waals surface area (Å²) in [5.74, 6) is 0.666. The smallest absolute Gasteiger partial charge is 0.269 e. The highest BCUT2D eigenvalue weighted by Crippen LogP contribution is 2.21. The zero-order valence-electron chi connectivity index (χ0n) is 17.2. The highest BCUT2D eigenvalue weighted by atomic mass is 32.1. The van der Waals surface area contributed by atoms with E-state index in [0.717, 1.165) is 0 Å². The number of benzene rings is 3. The van der Waals surface area contributed by atoms with Gasteiger partial charge in [-0.1, -0.05) is 18.2 Å². The Bertz CT molecular complexity index is 1500. The lowest BCUT2D eigenvalue weighted by Gasteiger charge is -2.12. The number of nitrogens with zero attached hydrogens (tertiary/aromatic N) is 5. The summed E-state index contributed by atoms with van der Waals surface area (Å²) < 4.78 is 1.72. The Morgan fingerprint density at radius 2 is 1.41 bits per heavy atom. The molecule has 168 valence electrons. The van der Waals surface area contributed by atoms with Crippen molar-refractivity contribution in [3.63, 3.8) is 0 Å². The Balaban J connectivity index is 1.85. The number of nitro groups is 2. The number of aromatic amines is 1. The lowest BCUT2D eigenvalue weighted by molar-refractivity contribution is -0.385. The summed E-state index contributed by atoms with van der Waals surface area (Å²) in [6, 6.07) is 20.7. The van der Waals surface area contributed by atoms with Crippen LogP contribution in [0.15, 0.2) is 83.9 Å². The second kappa shape index (κ2) is 9.60. The van der Waals surface area contributed by atoms with Crippen LogP contribution in [-0.4, -0.2) is 30.2 Å². The lowest BCUT2D eigenvalue weighted by atomic mass is 10.2. The van der Waals surface area contributed by atoms with Crippen molar-refractivity contribution in [2.24, 2.45) is 4.99 Å². The summed E-state index contributed by atoms with van der Waals surface area (Å²) in [5, 5.41) is 22.0. The molecular weight excluding hydrogens is 476 g/mol. The van der Waals surface area contributed by atoms with E-state index in [9.17, 15) is 20.2 Å². The van der Waals surface area contributed by atoms with Crippen molar-refractivity contribution in [2.45, 2.75) is 0 Å². The largest absolute Gasteiger partial charge is 0.316 e. The molecule has 0 saturated carbocycles. The molecule has 0 atom stereocenters. The number of H-pyrrole nitrogens is 1. The van der Waals surface area contributed by atoms with Gasteiger partial charge in [-0.15, -0.1) is 0 Å². The van der Waals surface area contributed by atoms with Gasteiger partial charge in [0, 0.05) is 35.4 Å². The SMILES string of the molecule is O=[N+]([O-])c1ccc(C(=Nc2ccccc2)n2c(=S)nc(-c3ccc([N+](=O)[O-])cc3)[nH]c2=S)cc1. The van der Waals surface area contributed by atoms with E-state index in [1.807, 2.05) is 18.2 Å². The van der Waals surface area contributed by atoms with E-state index in [1.54, 1.807) is 36.4 Å².